The zero-order chi connectivity index (χ0) is 8.91. The normalized spacial score (nSPS) is 14.1. The first kappa shape index (κ1) is 10.5. The SMILES string of the molecule is C#CC(C)(C)OC([CH2])OCC. The molecular formula is C9H15O2. The van der Waals surface area contributed by atoms with Crippen molar-refractivity contribution in [3.63, 3.8) is 0 Å². The van der Waals surface area contributed by atoms with Gasteiger partial charge in [-0.15, -0.1) is 6.42 Å². The lowest BCUT2D eigenvalue weighted by molar-refractivity contribution is -0.154. The van der Waals surface area contributed by atoms with Gasteiger partial charge in [0.15, 0.2) is 6.29 Å². The predicted molar refractivity (Wildman–Crippen MR) is 44.8 cm³/mol. The summed E-state index contributed by atoms with van der Waals surface area (Å²) in [7, 11) is 0. The Hall–Kier alpha value is -0.520. The molecule has 0 heterocycles. The monoisotopic (exact) mass is 155 g/mol. The fourth-order valence-electron chi connectivity index (χ4n) is 0.583. The Labute approximate surface area is 68.9 Å². The molecule has 0 N–H and O–H groups in total. The highest BCUT2D eigenvalue weighted by Crippen LogP contribution is 2.10. The number of rotatable bonds is 4. The molecule has 0 rings (SSSR count). The highest BCUT2D eigenvalue weighted by Gasteiger charge is 2.17. The first-order chi connectivity index (χ1) is 5.02. The van der Waals surface area contributed by atoms with E-state index < -0.39 is 11.9 Å². The molecule has 11 heavy (non-hydrogen) atoms. The van der Waals surface area contributed by atoms with Crippen molar-refractivity contribution in [1.29, 1.82) is 0 Å². The molecule has 0 aromatic rings. The van der Waals surface area contributed by atoms with Crippen LogP contribution in [-0.2, 0) is 9.47 Å². The second-order valence-electron chi connectivity index (χ2n) is 2.66. The second kappa shape index (κ2) is 4.38. The van der Waals surface area contributed by atoms with Crippen molar-refractivity contribution in [2.75, 3.05) is 6.61 Å². The molecule has 0 amide bonds. The Morgan fingerprint density at radius 3 is 2.55 bits per heavy atom. The molecule has 0 fully saturated rings. The summed E-state index contributed by atoms with van der Waals surface area (Å²) in [5.74, 6) is 2.49. The van der Waals surface area contributed by atoms with E-state index in [-0.39, 0.29) is 0 Å². The lowest BCUT2D eigenvalue weighted by Crippen LogP contribution is -2.29. The number of hydrogen-bond donors (Lipinski definition) is 0. The van der Waals surface area contributed by atoms with Gasteiger partial charge in [-0.2, -0.15) is 0 Å². The summed E-state index contributed by atoms with van der Waals surface area (Å²) in [5, 5.41) is 0. The van der Waals surface area contributed by atoms with Crippen molar-refractivity contribution in [1.82, 2.24) is 0 Å². The minimum absolute atomic E-state index is 0.481. The Bertz CT molecular complexity index is 144. The molecule has 0 aromatic heterocycles. The molecule has 2 heteroatoms. The Morgan fingerprint density at radius 2 is 2.18 bits per heavy atom. The van der Waals surface area contributed by atoms with Crippen molar-refractivity contribution < 1.29 is 9.47 Å². The molecule has 0 aliphatic heterocycles. The molecule has 0 saturated carbocycles. The third-order valence-electron chi connectivity index (χ3n) is 1.13. The maximum atomic E-state index is 5.26. The van der Waals surface area contributed by atoms with Gasteiger partial charge >= 0.3 is 0 Å². The highest BCUT2D eigenvalue weighted by molar-refractivity contribution is 5.03. The van der Waals surface area contributed by atoms with Gasteiger partial charge in [-0.25, -0.2) is 0 Å². The maximum Gasteiger partial charge on any atom is 0.159 e. The van der Waals surface area contributed by atoms with Crippen LogP contribution >= 0.6 is 0 Å². The van der Waals surface area contributed by atoms with Gasteiger partial charge in [-0.3, -0.25) is 0 Å². The van der Waals surface area contributed by atoms with Crippen LogP contribution in [0.15, 0.2) is 0 Å². The first-order valence-electron chi connectivity index (χ1n) is 3.62. The molecular weight excluding hydrogens is 140 g/mol. The van der Waals surface area contributed by atoms with Crippen LogP contribution in [0, 0.1) is 19.3 Å². The van der Waals surface area contributed by atoms with Crippen LogP contribution in [-0.4, -0.2) is 18.5 Å². The van der Waals surface area contributed by atoms with E-state index in [9.17, 15) is 0 Å². The molecule has 0 aromatic carbocycles. The van der Waals surface area contributed by atoms with Crippen LogP contribution in [0.25, 0.3) is 0 Å². The molecule has 63 valence electrons. The lowest BCUT2D eigenvalue weighted by atomic mass is 10.1. The second-order valence-corrected chi connectivity index (χ2v) is 2.66. The van der Waals surface area contributed by atoms with Crippen LogP contribution in [0.2, 0.25) is 0 Å². The van der Waals surface area contributed by atoms with Crippen molar-refractivity contribution in [3.05, 3.63) is 6.92 Å². The zero-order valence-electron chi connectivity index (χ0n) is 7.39. The maximum absolute atomic E-state index is 5.26. The Morgan fingerprint density at radius 1 is 1.64 bits per heavy atom. The molecule has 0 saturated heterocycles. The van der Waals surface area contributed by atoms with Crippen LogP contribution in [0.5, 0.6) is 0 Å². The Kier molecular flexibility index (Phi) is 4.17. The van der Waals surface area contributed by atoms with Gasteiger partial charge in [0.05, 0.1) is 0 Å². The molecule has 1 atom stereocenters. The lowest BCUT2D eigenvalue weighted by Gasteiger charge is -2.23. The molecule has 0 aliphatic rings. The molecule has 0 bridgehead atoms. The first-order valence-corrected chi connectivity index (χ1v) is 3.62. The van der Waals surface area contributed by atoms with Gasteiger partial charge in [0.1, 0.15) is 5.60 Å². The summed E-state index contributed by atoms with van der Waals surface area (Å²) in [6.45, 7) is 9.67. The van der Waals surface area contributed by atoms with E-state index in [0.717, 1.165) is 0 Å². The van der Waals surface area contributed by atoms with Crippen molar-refractivity contribution >= 4 is 0 Å². The summed E-state index contributed by atoms with van der Waals surface area (Å²) in [5.41, 5.74) is -0.596. The van der Waals surface area contributed by atoms with Gasteiger partial charge in [-0.1, -0.05) is 5.92 Å². The van der Waals surface area contributed by atoms with Gasteiger partial charge < -0.3 is 9.47 Å². The van der Waals surface area contributed by atoms with Gasteiger partial charge in [-0.05, 0) is 20.8 Å². The molecule has 1 radical (unpaired) electrons. The van der Waals surface area contributed by atoms with Crippen LogP contribution < -0.4 is 0 Å². The summed E-state index contributed by atoms with van der Waals surface area (Å²) < 4.78 is 10.3. The van der Waals surface area contributed by atoms with Gasteiger partial charge in [0, 0.05) is 13.5 Å². The van der Waals surface area contributed by atoms with E-state index in [0.29, 0.717) is 6.61 Å². The van der Waals surface area contributed by atoms with Crippen LogP contribution in [0.1, 0.15) is 20.8 Å². The molecule has 1 unspecified atom stereocenters. The summed E-state index contributed by atoms with van der Waals surface area (Å²) in [6.07, 6.45) is 4.71. The predicted octanol–water partition coefficient (Wildman–Crippen LogP) is 1.61. The summed E-state index contributed by atoms with van der Waals surface area (Å²) in [6, 6.07) is 0. The minimum atomic E-state index is -0.596. The quantitative estimate of drug-likeness (QED) is 0.453. The Balaban J connectivity index is 3.76. The van der Waals surface area contributed by atoms with E-state index in [4.69, 9.17) is 15.9 Å². The smallest absolute Gasteiger partial charge is 0.159 e. The van der Waals surface area contributed by atoms with E-state index in [1.165, 1.54) is 0 Å². The zero-order valence-corrected chi connectivity index (χ0v) is 7.39. The van der Waals surface area contributed by atoms with E-state index in [1.807, 2.05) is 6.92 Å². The van der Waals surface area contributed by atoms with Crippen molar-refractivity contribution in [2.24, 2.45) is 0 Å². The van der Waals surface area contributed by atoms with E-state index in [2.05, 4.69) is 12.8 Å². The van der Waals surface area contributed by atoms with Crippen molar-refractivity contribution in [2.45, 2.75) is 32.7 Å². The number of hydrogen-bond acceptors (Lipinski definition) is 2. The average Bonchev–Trinajstić information content (AvgIpc) is 1.87. The average molecular weight is 155 g/mol. The third-order valence-corrected chi connectivity index (χ3v) is 1.13. The summed E-state index contributed by atoms with van der Waals surface area (Å²) in [4.78, 5) is 0. The summed E-state index contributed by atoms with van der Waals surface area (Å²) >= 11 is 0. The topological polar surface area (TPSA) is 18.5 Å². The number of terminal acetylenes is 1. The minimum Gasteiger partial charge on any atom is -0.353 e. The van der Waals surface area contributed by atoms with Gasteiger partial charge in [0.25, 0.3) is 0 Å². The fourth-order valence-corrected chi connectivity index (χ4v) is 0.583. The van der Waals surface area contributed by atoms with Crippen LogP contribution in [0.4, 0.5) is 0 Å². The standard InChI is InChI=1S/C9H15O2/c1-6-9(4,5)11-8(3)10-7-2/h1,8H,3,7H2,2,4-5H3. The third kappa shape index (κ3) is 4.83. The highest BCUT2D eigenvalue weighted by atomic mass is 16.7. The molecule has 2 nitrogen and oxygen atoms in total. The largest absolute Gasteiger partial charge is 0.353 e. The fraction of sp³-hybridized carbons (Fsp3) is 0.667. The van der Waals surface area contributed by atoms with Crippen LogP contribution in [0.3, 0.4) is 0 Å². The van der Waals surface area contributed by atoms with E-state index in [1.54, 1.807) is 13.8 Å². The van der Waals surface area contributed by atoms with Gasteiger partial charge in [0.2, 0.25) is 0 Å². The van der Waals surface area contributed by atoms with E-state index >= 15 is 0 Å². The molecule has 0 aliphatic carbocycles. The van der Waals surface area contributed by atoms with Crippen molar-refractivity contribution in [3.8, 4) is 12.3 Å². The molecule has 0 spiro atoms. The number of ether oxygens (including phenoxy) is 2.